The first-order valence-electron chi connectivity index (χ1n) is 5.05. The van der Waals surface area contributed by atoms with E-state index in [-0.39, 0.29) is 0 Å². The SMILES string of the molecule is O=C(O)C[C@@H](NS(=O)(=O)c1cc(F)ccc1F)C(=O)O. The number of carbonyl (C=O) groups is 2. The first-order valence-corrected chi connectivity index (χ1v) is 6.54. The van der Waals surface area contributed by atoms with Crippen molar-refractivity contribution in [1.82, 2.24) is 4.72 Å². The van der Waals surface area contributed by atoms with Crippen molar-refractivity contribution in [3.63, 3.8) is 0 Å². The van der Waals surface area contributed by atoms with Gasteiger partial charge in [0.2, 0.25) is 10.0 Å². The number of benzene rings is 1. The molecule has 0 aliphatic rings. The summed E-state index contributed by atoms with van der Waals surface area (Å²) in [5.41, 5.74) is 0. The molecule has 0 spiro atoms. The molecule has 0 unspecified atom stereocenters. The number of rotatable bonds is 6. The van der Waals surface area contributed by atoms with Crippen molar-refractivity contribution in [3.05, 3.63) is 29.8 Å². The molecule has 1 aromatic carbocycles. The lowest BCUT2D eigenvalue weighted by molar-refractivity contribution is -0.145. The molecule has 0 fully saturated rings. The maximum atomic E-state index is 13.3. The summed E-state index contributed by atoms with van der Waals surface area (Å²) in [5.74, 6) is -5.66. The van der Waals surface area contributed by atoms with E-state index in [4.69, 9.17) is 10.2 Å². The third kappa shape index (κ3) is 3.96. The quantitative estimate of drug-likeness (QED) is 0.689. The van der Waals surface area contributed by atoms with E-state index in [0.29, 0.717) is 18.2 Å². The van der Waals surface area contributed by atoms with Gasteiger partial charge < -0.3 is 10.2 Å². The van der Waals surface area contributed by atoms with Gasteiger partial charge in [-0.2, -0.15) is 4.72 Å². The summed E-state index contributed by atoms with van der Waals surface area (Å²) in [6.07, 6.45) is -1.05. The summed E-state index contributed by atoms with van der Waals surface area (Å²) >= 11 is 0. The number of hydrogen-bond donors (Lipinski definition) is 3. The van der Waals surface area contributed by atoms with Gasteiger partial charge in [0.25, 0.3) is 0 Å². The van der Waals surface area contributed by atoms with E-state index in [1.807, 2.05) is 0 Å². The van der Waals surface area contributed by atoms with Gasteiger partial charge in [-0.15, -0.1) is 0 Å². The van der Waals surface area contributed by atoms with Crippen molar-refractivity contribution in [1.29, 1.82) is 0 Å². The number of sulfonamides is 1. The zero-order valence-corrected chi connectivity index (χ0v) is 10.5. The topological polar surface area (TPSA) is 121 Å². The van der Waals surface area contributed by atoms with E-state index in [2.05, 4.69) is 0 Å². The van der Waals surface area contributed by atoms with Gasteiger partial charge in [0.05, 0.1) is 6.42 Å². The number of hydrogen-bond acceptors (Lipinski definition) is 4. The monoisotopic (exact) mass is 309 g/mol. The molecule has 1 rings (SSSR count). The van der Waals surface area contributed by atoms with E-state index < -0.39 is 51.0 Å². The number of carboxylic acid groups (broad SMARTS) is 2. The molecule has 3 N–H and O–H groups in total. The second-order valence-electron chi connectivity index (χ2n) is 3.68. The minimum absolute atomic E-state index is 0.358. The van der Waals surface area contributed by atoms with Crippen molar-refractivity contribution < 1.29 is 37.0 Å². The fourth-order valence-corrected chi connectivity index (χ4v) is 2.57. The van der Waals surface area contributed by atoms with Crippen LogP contribution in [0.4, 0.5) is 8.78 Å². The smallest absolute Gasteiger partial charge is 0.322 e. The first-order chi connectivity index (χ1) is 9.13. The van der Waals surface area contributed by atoms with Crippen molar-refractivity contribution >= 4 is 22.0 Å². The Hall–Kier alpha value is -2.07. The third-order valence-electron chi connectivity index (χ3n) is 2.16. The summed E-state index contributed by atoms with van der Waals surface area (Å²) in [5, 5.41) is 17.2. The lowest BCUT2D eigenvalue weighted by atomic mass is 10.2. The highest BCUT2D eigenvalue weighted by Gasteiger charge is 2.29. The summed E-state index contributed by atoms with van der Waals surface area (Å²) in [7, 11) is -4.71. The Morgan fingerprint density at radius 1 is 1.25 bits per heavy atom. The fourth-order valence-electron chi connectivity index (χ4n) is 1.29. The minimum atomic E-state index is -4.71. The molecule has 0 aliphatic heterocycles. The molecule has 0 aliphatic carbocycles. The Morgan fingerprint density at radius 3 is 2.35 bits per heavy atom. The van der Waals surface area contributed by atoms with Crippen LogP contribution >= 0.6 is 0 Å². The number of carboxylic acids is 2. The van der Waals surface area contributed by atoms with Crippen LogP contribution in [0.25, 0.3) is 0 Å². The van der Waals surface area contributed by atoms with Crippen LogP contribution < -0.4 is 4.72 Å². The molecule has 0 saturated carbocycles. The molecular weight excluding hydrogens is 300 g/mol. The predicted molar refractivity (Wildman–Crippen MR) is 60.4 cm³/mol. The van der Waals surface area contributed by atoms with Crippen LogP contribution in [-0.2, 0) is 19.6 Å². The Bertz CT molecular complexity index is 645. The molecule has 0 aromatic heterocycles. The highest BCUT2D eigenvalue weighted by atomic mass is 32.2. The van der Waals surface area contributed by atoms with Crippen molar-refractivity contribution in [3.8, 4) is 0 Å². The van der Waals surface area contributed by atoms with E-state index in [1.54, 1.807) is 0 Å². The highest BCUT2D eigenvalue weighted by molar-refractivity contribution is 7.89. The van der Waals surface area contributed by atoms with Gasteiger partial charge in [0.15, 0.2) is 0 Å². The molecule has 10 heteroatoms. The van der Waals surface area contributed by atoms with Crippen molar-refractivity contribution in [2.75, 3.05) is 0 Å². The summed E-state index contributed by atoms with van der Waals surface area (Å²) in [6.45, 7) is 0. The molecule has 1 atom stereocenters. The summed E-state index contributed by atoms with van der Waals surface area (Å²) < 4.78 is 51.2. The van der Waals surface area contributed by atoms with Gasteiger partial charge in [0.1, 0.15) is 22.6 Å². The van der Waals surface area contributed by atoms with Crippen LogP contribution in [0.5, 0.6) is 0 Å². The molecular formula is C10H9F2NO6S. The number of nitrogens with one attached hydrogen (secondary N) is 1. The molecule has 0 bridgehead atoms. The Kier molecular flexibility index (Phi) is 4.73. The van der Waals surface area contributed by atoms with Crippen LogP contribution in [0, 0.1) is 11.6 Å². The van der Waals surface area contributed by atoms with Crippen molar-refractivity contribution in [2.24, 2.45) is 0 Å². The van der Waals surface area contributed by atoms with Gasteiger partial charge in [-0.25, -0.2) is 17.2 Å². The lowest BCUT2D eigenvalue weighted by Gasteiger charge is -2.13. The predicted octanol–water partition coefficient (Wildman–Crippen LogP) is 0.171. The maximum Gasteiger partial charge on any atom is 0.322 e. The Balaban J connectivity index is 3.12. The maximum absolute atomic E-state index is 13.3. The zero-order valence-electron chi connectivity index (χ0n) is 9.71. The Labute approximate surface area is 111 Å². The van der Waals surface area contributed by atoms with Gasteiger partial charge in [0, 0.05) is 0 Å². The van der Waals surface area contributed by atoms with Crippen LogP contribution in [-0.4, -0.2) is 36.6 Å². The van der Waals surface area contributed by atoms with E-state index >= 15 is 0 Å². The fraction of sp³-hybridized carbons (Fsp3) is 0.200. The highest BCUT2D eigenvalue weighted by Crippen LogP contribution is 2.16. The minimum Gasteiger partial charge on any atom is -0.481 e. The Morgan fingerprint density at radius 2 is 1.85 bits per heavy atom. The van der Waals surface area contributed by atoms with Gasteiger partial charge in [-0.1, -0.05) is 0 Å². The van der Waals surface area contributed by atoms with Gasteiger partial charge in [-0.3, -0.25) is 9.59 Å². The second-order valence-corrected chi connectivity index (χ2v) is 5.37. The van der Waals surface area contributed by atoms with Crippen molar-refractivity contribution in [2.45, 2.75) is 17.4 Å². The number of aliphatic carboxylic acids is 2. The van der Waals surface area contributed by atoms with Crippen LogP contribution in [0.2, 0.25) is 0 Å². The molecule has 0 radical (unpaired) electrons. The van der Waals surface area contributed by atoms with Crippen LogP contribution in [0.3, 0.4) is 0 Å². The van der Waals surface area contributed by atoms with E-state index in [1.165, 1.54) is 4.72 Å². The van der Waals surface area contributed by atoms with Gasteiger partial charge in [-0.05, 0) is 18.2 Å². The van der Waals surface area contributed by atoms with Crippen LogP contribution in [0.1, 0.15) is 6.42 Å². The van der Waals surface area contributed by atoms with Crippen LogP contribution in [0.15, 0.2) is 23.1 Å². The van der Waals surface area contributed by atoms with E-state index in [0.717, 1.165) is 0 Å². The summed E-state index contributed by atoms with van der Waals surface area (Å²) in [4.78, 5) is 20.1. The zero-order chi connectivity index (χ0) is 15.5. The molecule has 20 heavy (non-hydrogen) atoms. The molecule has 7 nitrogen and oxygen atoms in total. The first kappa shape index (κ1) is 16.0. The standard InChI is InChI=1S/C10H9F2NO6S/c11-5-1-2-6(12)8(3-5)20(18,19)13-7(10(16)17)4-9(14)15/h1-3,7,13H,4H2,(H,14,15)(H,16,17)/t7-/m1/s1. The molecule has 1 aromatic rings. The number of halogens is 2. The summed E-state index contributed by atoms with van der Waals surface area (Å²) in [6, 6.07) is -0.408. The average molecular weight is 309 g/mol. The van der Waals surface area contributed by atoms with Gasteiger partial charge >= 0.3 is 11.9 Å². The molecule has 0 heterocycles. The molecule has 0 saturated heterocycles. The third-order valence-corrected chi connectivity index (χ3v) is 3.64. The largest absolute Gasteiger partial charge is 0.481 e. The molecule has 110 valence electrons. The van der Waals surface area contributed by atoms with E-state index in [9.17, 15) is 26.8 Å². The average Bonchev–Trinajstić information content (AvgIpc) is 2.30. The normalized spacial score (nSPS) is 12.9. The lowest BCUT2D eigenvalue weighted by Crippen LogP contribution is -2.42. The molecule has 0 amide bonds. The second kappa shape index (κ2) is 5.92.